The topological polar surface area (TPSA) is 119 Å². The maximum atomic E-state index is 17.4. The van der Waals surface area contributed by atoms with Crippen LogP contribution in [0.1, 0.15) is 88.0 Å². The first-order valence-electron chi connectivity index (χ1n) is 14.3. The SMILES string of the molecule is CC1CC2C3CCC4=CC(=O)C=CC4(C)C3(F)C(O)CC2(C)C1(O)C(=O)COP(=O)(OC(C)(C)C)OC(C)(C)C. The number of allylic oxidation sites excluding steroid dienone is 4. The number of fused-ring (bicyclic) bond motifs is 5. The first-order chi connectivity index (χ1) is 18.0. The highest BCUT2D eigenvalue weighted by Gasteiger charge is 2.75. The van der Waals surface area contributed by atoms with Crippen molar-refractivity contribution in [1.82, 2.24) is 0 Å². The highest BCUT2D eigenvalue weighted by Crippen LogP contribution is 2.71. The molecule has 0 spiro atoms. The number of phosphoric acid groups is 1. The average Bonchev–Trinajstić information content (AvgIpc) is 2.98. The average molecular weight is 585 g/mol. The van der Waals surface area contributed by atoms with E-state index in [1.165, 1.54) is 12.2 Å². The molecule has 3 fully saturated rings. The van der Waals surface area contributed by atoms with E-state index in [1.807, 2.05) is 0 Å². The van der Waals surface area contributed by atoms with E-state index >= 15 is 4.39 Å². The van der Waals surface area contributed by atoms with Crippen molar-refractivity contribution in [3.8, 4) is 0 Å². The van der Waals surface area contributed by atoms with Gasteiger partial charge in [-0.2, -0.15) is 0 Å². The van der Waals surface area contributed by atoms with E-state index < -0.39 is 77.4 Å². The molecule has 8 nitrogen and oxygen atoms in total. The Balaban J connectivity index is 1.65. The number of ketones is 2. The zero-order chi connectivity index (χ0) is 30.3. The number of Topliss-reactive ketones (excluding diaryl/α,β-unsaturated/α-hetero) is 1. The van der Waals surface area contributed by atoms with Crippen LogP contribution < -0.4 is 0 Å². The summed E-state index contributed by atoms with van der Waals surface area (Å²) in [6.07, 6.45) is 4.01. The summed E-state index contributed by atoms with van der Waals surface area (Å²) in [4.78, 5) is 25.9. The molecule has 0 radical (unpaired) electrons. The Morgan fingerprint density at radius 1 is 1.12 bits per heavy atom. The standard InChI is InChI=1S/C30H46FO8P/c1-18-14-22-21-11-10-19-15-20(32)12-13-27(19,8)29(21,31)23(33)16-28(22,9)30(18,35)24(34)17-37-40(36,38-25(2,3)4)39-26(5,6)7/h12-13,15,18,21-23,33,35H,10-11,14,16-17H2,1-9H3. The van der Waals surface area contributed by atoms with Crippen LogP contribution in [0.5, 0.6) is 0 Å². The van der Waals surface area contributed by atoms with E-state index in [0.29, 0.717) is 24.8 Å². The molecular weight excluding hydrogens is 538 g/mol. The molecule has 3 saturated carbocycles. The molecule has 4 aliphatic carbocycles. The number of alkyl halides is 1. The lowest BCUT2D eigenvalue weighted by atomic mass is 9.44. The van der Waals surface area contributed by atoms with Crippen molar-refractivity contribution in [1.29, 1.82) is 0 Å². The lowest BCUT2D eigenvalue weighted by Gasteiger charge is -2.62. The van der Waals surface area contributed by atoms with Gasteiger partial charge in [0.1, 0.15) is 12.2 Å². The van der Waals surface area contributed by atoms with E-state index in [1.54, 1.807) is 68.4 Å². The quantitative estimate of drug-likeness (QED) is 0.384. The second kappa shape index (κ2) is 9.65. The minimum Gasteiger partial charge on any atom is -0.390 e. The van der Waals surface area contributed by atoms with Gasteiger partial charge in [-0.25, -0.2) is 8.96 Å². The largest absolute Gasteiger partial charge is 0.476 e. The van der Waals surface area contributed by atoms with Crippen LogP contribution in [0, 0.1) is 28.6 Å². The van der Waals surface area contributed by atoms with Crippen molar-refractivity contribution in [2.45, 2.75) is 117 Å². The van der Waals surface area contributed by atoms with Gasteiger partial charge in [0, 0.05) is 16.7 Å². The van der Waals surface area contributed by atoms with Crippen molar-refractivity contribution >= 4 is 19.4 Å². The number of rotatable bonds is 6. The molecule has 0 aromatic carbocycles. The summed E-state index contributed by atoms with van der Waals surface area (Å²) in [5.74, 6) is -2.54. The molecule has 4 aliphatic rings. The molecule has 0 saturated heterocycles. The molecule has 8 unspecified atom stereocenters. The van der Waals surface area contributed by atoms with Crippen LogP contribution in [0.4, 0.5) is 4.39 Å². The van der Waals surface area contributed by atoms with Crippen molar-refractivity contribution in [3.63, 3.8) is 0 Å². The molecule has 0 aliphatic heterocycles. The lowest BCUT2D eigenvalue weighted by Crippen LogP contribution is -2.69. The second-order valence-electron chi connectivity index (χ2n) is 14.7. The van der Waals surface area contributed by atoms with Gasteiger partial charge in [-0.3, -0.25) is 23.2 Å². The predicted octanol–water partition coefficient (Wildman–Crippen LogP) is 5.66. The summed E-state index contributed by atoms with van der Waals surface area (Å²) < 4.78 is 47.7. The summed E-state index contributed by atoms with van der Waals surface area (Å²) in [7, 11) is -4.22. The summed E-state index contributed by atoms with van der Waals surface area (Å²) in [6.45, 7) is 14.6. The molecule has 2 N–H and O–H groups in total. The van der Waals surface area contributed by atoms with Crippen LogP contribution >= 0.6 is 7.82 Å². The molecule has 10 heteroatoms. The number of hydrogen-bond acceptors (Lipinski definition) is 8. The maximum Gasteiger partial charge on any atom is 0.476 e. The van der Waals surface area contributed by atoms with Crippen LogP contribution in [0.15, 0.2) is 23.8 Å². The number of carbonyl (C=O) groups is 2. The number of phosphoric ester groups is 1. The Morgan fingerprint density at radius 3 is 2.25 bits per heavy atom. The summed E-state index contributed by atoms with van der Waals surface area (Å²) in [5, 5.41) is 23.7. The number of hydrogen-bond donors (Lipinski definition) is 2. The zero-order valence-corrected chi connectivity index (χ0v) is 26.1. The Kier molecular flexibility index (Phi) is 7.65. The fourth-order valence-corrected chi connectivity index (χ4v) is 9.89. The van der Waals surface area contributed by atoms with Crippen LogP contribution in [-0.4, -0.2) is 57.0 Å². The Labute approximate surface area is 237 Å². The molecule has 226 valence electrons. The zero-order valence-electron chi connectivity index (χ0n) is 25.2. The molecule has 0 aromatic heterocycles. The summed E-state index contributed by atoms with van der Waals surface area (Å²) >= 11 is 0. The highest BCUT2D eigenvalue weighted by atomic mass is 31.2. The molecule has 0 bridgehead atoms. The van der Waals surface area contributed by atoms with E-state index in [-0.39, 0.29) is 12.2 Å². The molecule has 40 heavy (non-hydrogen) atoms. The summed E-state index contributed by atoms with van der Waals surface area (Å²) in [5.41, 5.74) is -7.51. The van der Waals surface area contributed by atoms with Gasteiger partial charge in [-0.05, 0) is 98.1 Å². The molecule has 4 rings (SSSR count). The molecule has 0 amide bonds. The van der Waals surface area contributed by atoms with Gasteiger partial charge in [0.15, 0.2) is 17.2 Å². The first kappa shape index (κ1) is 31.7. The van der Waals surface area contributed by atoms with Crippen LogP contribution in [0.2, 0.25) is 0 Å². The fourth-order valence-electron chi connectivity index (χ4n) is 8.13. The van der Waals surface area contributed by atoms with Crippen molar-refractivity contribution in [3.05, 3.63) is 23.8 Å². The molecule has 0 aromatic rings. The number of aliphatic hydroxyl groups is 2. The van der Waals surface area contributed by atoms with E-state index in [9.17, 15) is 24.4 Å². The van der Waals surface area contributed by atoms with E-state index in [0.717, 1.165) is 0 Å². The molecular formula is C30H46FO8P. The van der Waals surface area contributed by atoms with Gasteiger partial charge in [-0.1, -0.05) is 25.5 Å². The van der Waals surface area contributed by atoms with E-state index in [2.05, 4.69) is 0 Å². The van der Waals surface area contributed by atoms with Gasteiger partial charge < -0.3 is 10.2 Å². The number of carbonyl (C=O) groups excluding carboxylic acids is 2. The van der Waals surface area contributed by atoms with Gasteiger partial charge in [0.25, 0.3) is 0 Å². The minimum absolute atomic E-state index is 0.156. The summed E-state index contributed by atoms with van der Waals surface area (Å²) in [6, 6.07) is 0. The van der Waals surface area contributed by atoms with Crippen LogP contribution in [-0.2, 0) is 27.7 Å². The van der Waals surface area contributed by atoms with Crippen LogP contribution in [0.3, 0.4) is 0 Å². The molecule has 0 heterocycles. The van der Waals surface area contributed by atoms with Gasteiger partial charge in [0.05, 0.1) is 17.3 Å². The van der Waals surface area contributed by atoms with Gasteiger partial charge in [0.2, 0.25) is 0 Å². The Morgan fingerprint density at radius 2 is 1.70 bits per heavy atom. The third-order valence-electron chi connectivity index (χ3n) is 9.77. The third kappa shape index (κ3) is 4.83. The van der Waals surface area contributed by atoms with Gasteiger partial charge >= 0.3 is 7.82 Å². The Bertz CT molecular complexity index is 1160. The van der Waals surface area contributed by atoms with Crippen molar-refractivity contribution in [2.75, 3.05) is 6.61 Å². The highest BCUT2D eigenvalue weighted by molar-refractivity contribution is 7.48. The van der Waals surface area contributed by atoms with Gasteiger partial charge in [-0.15, -0.1) is 0 Å². The minimum atomic E-state index is -4.22. The molecule has 8 atom stereocenters. The second-order valence-corrected chi connectivity index (χ2v) is 16.2. The smallest absolute Gasteiger partial charge is 0.390 e. The Hall–Kier alpha value is -1.22. The fraction of sp³-hybridized carbons (Fsp3) is 0.800. The maximum absolute atomic E-state index is 17.4. The van der Waals surface area contributed by atoms with Crippen LogP contribution in [0.25, 0.3) is 0 Å². The monoisotopic (exact) mass is 584 g/mol. The van der Waals surface area contributed by atoms with E-state index in [4.69, 9.17) is 13.6 Å². The first-order valence-corrected chi connectivity index (χ1v) is 15.7. The third-order valence-corrected chi connectivity index (χ3v) is 11.8. The lowest BCUT2D eigenvalue weighted by molar-refractivity contribution is -0.219. The van der Waals surface area contributed by atoms with Crippen molar-refractivity contribution < 1.29 is 42.3 Å². The number of halogens is 1. The predicted molar refractivity (Wildman–Crippen MR) is 148 cm³/mol. The number of aliphatic hydroxyl groups excluding tert-OH is 1. The normalized spacial score (nSPS) is 41.7. The van der Waals surface area contributed by atoms with Crippen molar-refractivity contribution in [2.24, 2.45) is 28.6 Å².